The van der Waals surface area contributed by atoms with Gasteiger partial charge in [0.1, 0.15) is 16.9 Å². The molecule has 0 bridgehead atoms. The summed E-state index contributed by atoms with van der Waals surface area (Å²) in [6.07, 6.45) is 0.188. The molecule has 0 fully saturated rings. The number of hydrogen-bond donors (Lipinski definition) is 0. The van der Waals surface area contributed by atoms with Crippen molar-refractivity contribution in [3.05, 3.63) is 28.5 Å². The Bertz CT molecular complexity index is 373. The van der Waals surface area contributed by atoms with Gasteiger partial charge in [0.25, 0.3) is 0 Å². The highest BCUT2D eigenvalue weighted by Crippen LogP contribution is 2.10. The van der Waals surface area contributed by atoms with Crippen molar-refractivity contribution in [2.75, 3.05) is 0 Å². The summed E-state index contributed by atoms with van der Waals surface area (Å²) in [5.41, 5.74) is 0.841. The third-order valence-corrected chi connectivity index (χ3v) is 1.53. The number of nitriles is 2. The normalized spacial score (nSPS) is 8.58. The lowest BCUT2D eigenvalue weighted by molar-refractivity contribution is 1.15. The fourth-order valence-corrected chi connectivity index (χ4v) is 0.936. The Morgan fingerprint density at radius 2 is 2.17 bits per heavy atom. The molecule has 0 radical (unpaired) electrons. The van der Waals surface area contributed by atoms with Gasteiger partial charge >= 0.3 is 0 Å². The van der Waals surface area contributed by atoms with Gasteiger partial charge in [-0.2, -0.15) is 10.5 Å². The minimum atomic E-state index is 0.188. The standard InChI is InChI=1S/C8H4ClN3/c9-8-2-1-6(3-4-10)7(5-11)12-8/h1-2H,3H2. The molecule has 1 heterocycles. The Hall–Kier alpha value is -1.58. The van der Waals surface area contributed by atoms with Crippen LogP contribution in [0.25, 0.3) is 0 Å². The molecule has 3 nitrogen and oxygen atoms in total. The maximum atomic E-state index is 8.59. The zero-order valence-corrected chi connectivity index (χ0v) is 6.84. The van der Waals surface area contributed by atoms with E-state index >= 15 is 0 Å². The summed E-state index contributed by atoms with van der Waals surface area (Å²) in [6.45, 7) is 0. The fraction of sp³-hybridized carbons (Fsp3) is 0.125. The first-order chi connectivity index (χ1) is 5.77. The monoisotopic (exact) mass is 177 g/mol. The molecule has 0 aromatic carbocycles. The van der Waals surface area contributed by atoms with Gasteiger partial charge in [-0.15, -0.1) is 0 Å². The zero-order chi connectivity index (χ0) is 8.97. The van der Waals surface area contributed by atoms with E-state index < -0.39 is 0 Å². The van der Waals surface area contributed by atoms with Crippen molar-refractivity contribution in [1.82, 2.24) is 4.98 Å². The molecule has 1 aromatic rings. The van der Waals surface area contributed by atoms with Crippen LogP contribution in [0.3, 0.4) is 0 Å². The largest absolute Gasteiger partial charge is 0.225 e. The molecule has 0 aliphatic rings. The van der Waals surface area contributed by atoms with E-state index in [1.165, 1.54) is 0 Å². The number of rotatable bonds is 1. The van der Waals surface area contributed by atoms with Crippen LogP contribution in [0.4, 0.5) is 0 Å². The highest BCUT2D eigenvalue weighted by Gasteiger charge is 2.02. The van der Waals surface area contributed by atoms with Crippen LogP contribution in [0.5, 0.6) is 0 Å². The Morgan fingerprint density at radius 1 is 1.42 bits per heavy atom. The van der Waals surface area contributed by atoms with Crippen LogP contribution in [0.15, 0.2) is 12.1 Å². The molecule has 12 heavy (non-hydrogen) atoms. The number of halogens is 1. The Morgan fingerprint density at radius 3 is 2.75 bits per heavy atom. The van der Waals surface area contributed by atoms with Crippen molar-refractivity contribution in [3.8, 4) is 12.1 Å². The molecule has 0 amide bonds. The van der Waals surface area contributed by atoms with Crippen molar-refractivity contribution >= 4 is 11.6 Å². The van der Waals surface area contributed by atoms with Gasteiger partial charge in [-0.25, -0.2) is 4.98 Å². The molecule has 0 saturated heterocycles. The van der Waals surface area contributed by atoms with Gasteiger partial charge in [-0.3, -0.25) is 0 Å². The molecule has 1 aromatic heterocycles. The van der Waals surface area contributed by atoms with E-state index in [0.29, 0.717) is 5.56 Å². The van der Waals surface area contributed by atoms with Crippen molar-refractivity contribution in [3.63, 3.8) is 0 Å². The summed E-state index contributed by atoms with van der Waals surface area (Å²) in [4.78, 5) is 3.76. The molecule has 0 unspecified atom stereocenters. The van der Waals surface area contributed by atoms with Crippen molar-refractivity contribution < 1.29 is 0 Å². The molecular weight excluding hydrogens is 174 g/mol. The fourth-order valence-electron chi connectivity index (χ4n) is 0.789. The van der Waals surface area contributed by atoms with Gasteiger partial charge in [0.15, 0.2) is 0 Å². The minimum Gasteiger partial charge on any atom is -0.225 e. The van der Waals surface area contributed by atoms with E-state index in [1.54, 1.807) is 12.1 Å². The summed E-state index contributed by atoms with van der Waals surface area (Å²) in [7, 11) is 0. The van der Waals surface area contributed by atoms with Crippen LogP contribution in [0.2, 0.25) is 5.15 Å². The maximum absolute atomic E-state index is 8.59. The summed E-state index contributed by atoms with van der Waals surface area (Å²) < 4.78 is 0. The third-order valence-electron chi connectivity index (χ3n) is 1.32. The highest BCUT2D eigenvalue weighted by molar-refractivity contribution is 6.29. The first kappa shape index (κ1) is 8.52. The lowest BCUT2D eigenvalue weighted by Crippen LogP contribution is -1.92. The van der Waals surface area contributed by atoms with Gasteiger partial charge in [-0.1, -0.05) is 17.7 Å². The van der Waals surface area contributed by atoms with Crippen molar-refractivity contribution in [2.45, 2.75) is 6.42 Å². The second-order valence-corrected chi connectivity index (χ2v) is 2.48. The molecule has 58 valence electrons. The van der Waals surface area contributed by atoms with E-state index in [9.17, 15) is 0 Å². The van der Waals surface area contributed by atoms with E-state index in [2.05, 4.69) is 4.98 Å². The molecule has 4 heteroatoms. The lowest BCUT2D eigenvalue weighted by atomic mass is 10.1. The lowest BCUT2D eigenvalue weighted by Gasteiger charge is -1.96. The predicted molar refractivity (Wildman–Crippen MR) is 43.3 cm³/mol. The molecule has 1 rings (SSSR count). The van der Waals surface area contributed by atoms with Crippen LogP contribution in [0.1, 0.15) is 11.3 Å². The predicted octanol–water partition coefficient (Wildman–Crippen LogP) is 1.67. The van der Waals surface area contributed by atoms with E-state index in [1.807, 2.05) is 12.1 Å². The number of pyridine rings is 1. The molecule has 0 aliphatic heterocycles. The quantitative estimate of drug-likeness (QED) is 0.613. The van der Waals surface area contributed by atoms with Crippen LogP contribution >= 0.6 is 11.6 Å². The number of nitrogens with zero attached hydrogens (tertiary/aromatic N) is 3. The van der Waals surface area contributed by atoms with Gasteiger partial charge in [-0.05, 0) is 6.07 Å². The van der Waals surface area contributed by atoms with Gasteiger partial charge in [0.05, 0.1) is 12.5 Å². The van der Waals surface area contributed by atoms with Crippen LogP contribution < -0.4 is 0 Å². The second kappa shape index (κ2) is 3.71. The number of aromatic nitrogens is 1. The minimum absolute atomic E-state index is 0.188. The summed E-state index contributed by atoms with van der Waals surface area (Å²) in [5, 5.41) is 17.2. The summed E-state index contributed by atoms with van der Waals surface area (Å²) in [6, 6.07) is 7.02. The summed E-state index contributed by atoms with van der Waals surface area (Å²) in [5.74, 6) is 0. The SMILES string of the molecule is N#CCc1ccc(Cl)nc1C#N. The second-order valence-electron chi connectivity index (χ2n) is 2.09. The van der Waals surface area contributed by atoms with Gasteiger partial charge in [0, 0.05) is 5.56 Å². The summed E-state index contributed by atoms with van der Waals surface area (Å²) >= 11 is 5.55. The van der Waals surface area contributed by atoms with Crippen LogP contribution in [-0.2, 0) is 6.42 Å². The van der Waals surface area contributed by atoms with Crippen LogP contribution in [-0.4, -0.2) is 4.98 Å². The number of hydrogen-bond acceptors (Lipinski definition) is 3. The first-order valence-electron chi connectivity index (χ1n) is 3.20. The van der Waals surface area contributed by atoms with Gasteiger partial charge < -0.3 is 0 Å². The maximum Gasteiger partial charge on any atom is 0.146 e. The van der Waals surface area contributed by atoms with Crippen LogP contribution in [0, 0.1) is 22.7 Å². The smallest absolute Gasteiger partial charge is 0.146 e. The average molecular weight is 178 g/mol. The van der Waals surface area contributed by atoms with Crippen molar-refractivity contribution in [1.29, 1.82) is 10.5 Å². The third kappa shape index (κ3) is 1.72. The molecule has 0 N–H and O–H groups in total. The Balaban J connectivity index is 3.15. The van der Waals surface area contributed by atoms with Gasteiger partial charge in [0.2, 0.25) is 0 Å². The Labute approximate surface area is 74.8 Å². The topological polar surface area (TPSA) is 60.5 Å². The van der Waals surface area contributed by atoms with E-state index in [-0.39, 0.29) is 17.3 Å². The van der Waals surface area contributed by atoms with Crippen molar-refractivity contribution in [2.24, 2.45) is 0 Å². The van der Waals surface area contributed by atoms with E-state index in [4.69, 9.17) is 22.1 Å². The van der Waals surface area contributed by atoms with E-state index in [0.717, 1.165) is 0 Å². The molecule has 0 spiro atoms. The Kier molecular flexibility index (Phi) is 2.63. The zero-order valence-electron chi connectivity index (χ0n) is 6.08. The first-order valence-corrected chi connectivity index (χ1v) is 3.58. The molecule has 0 atom stereocenters. The molecule has 0 saturated carbocycles. The highest BCUT2D eigenvalue weighted by atomic mass is 35.5. The molecule has 0 aliphatic carbocycles. The average Bonchev–Trinajstić information content (AvgIpc) is 2.08. The molecular formula is C8H4ClN3.